The topological polar surface area (TPSA) is 94.4 Å². The van der Waals surface area contributed by atoms with Gasteiger partial charge in [-0.2, -0.15) is 0 Å². The Balaban J connectivity index is 2.40. The molecular weight excluding hydrogens is 232 g/mol. The molecule has 0 bridgehead atoms. The van der Waals surface area contributed by atoms with Crippen molar-refractivity contribution < 1.29 is 0 Å². The zero-order valence-electron chi connectivity index (χ0n) is 11.0. The number of aromatic nitrogens is 4. The van der Waals surface area contributed by atoms with E-state index in [2.05, 4.69) is 47.6 Å². The van der Waals surface area contributed by atoms with Crippen LogP contribution in [0.1, 0.15) is 33.5 Å². The number of hydrogen-bond acceptors (Lipinski definition) is 3. The van der Waals surface area contributed by atoms with Crippen molar-refractivity contribution in [2.24, 2.45) is 11.3 Å². The summed E-state index contributed by atoms with van der Waals surface area (Å²) in [4.78, 5) is 34.6. The zero-order chi connectivity index (χ0) is 13.5. The van der Waals surface area contributed by atoms with Crippen molar-refractivity contribution in [3.8, 4) is 0 Å². The fourth-order valence-corrected chi connectivity index (χ4v) is 1.67. The van der Waals surface area contributed by atoms with Gasteiger partial charge in [0.2, 0.25) is 0 Å². The standard InChI is InChI=1S/C12H18N4O2/c1-6(12(2,3)4)5-7-13-8-9(14-7)15-11(18)16-10(8)17/h6H,5H2,1-4H3,(H3,13,14,15,16,17,18). The SMILES string of the molecule is CC(Cc1nc2[nH]c(=O)[nH]c(=O)c2[nH]1)C(C)(C)C. The number of fused-ring (bicyclic) bond motifs is 1. The second-order valence-electron chi connectivity index (χ2n) is 5.79. The molecule has 2 aromatic rings. The lowest BCUT2D eigenvalue weighted by Gasteiger charge is -2.26. The summed E-state index contributed by atoms with van der Waals surface area (Å²) >= 11 is 0. The molecule has 0 aromatic carbocycles. The van der Waals surface area contributed by atoms with Gasteiger partial charge in [0, 0.05) is 6.42 Å². The molecular formula is C12H18N4O2. The van der Waals surface area contributed by atoms with Crippen molar-refractivity contribution in [3.05, 3.63) is 26.7 Å². The van der Waals surface area contributed by atoms with E-state index in [4.69, 9.17) is 0 Å². The smallest absolute Gasteiger partial charge is 0.327 e. The molecule has 6 heteroatoms. The summed E-state index contributed by atoms with van der Waals surface area (Å²) in [6.07, 6.45) is 0.736. The first-order chi connectivity index (χ1) is 8.27. The molecule has 2 aromatic heterocycles. The third kappa shape index (κ3) is 2.37. The van der Waals surface area contributed by atoms with E-state index in [1.54, 1.807) is 0 Å². The normalized spacial score (nSPS) is 14.0. The molecule has 1 unspecified atom stereocenters. The molecule has 0 fully saturated rings. The third-order valence-electron chi connectivity index (χ3n) is 3.42. The summed E-state index contributed by atoms with van der Waals surface area (Å²) in [5.41, 5.74) is -0.158. The summed E-state index contributed by atoms with van der Waals surface area (Å²) in [6, 6.07) is 0. The molecule has 0 saturated heterocycles. The van der Waals surface area contributed by atoms with Gasteiger partial charge >= 0.3 is 5.69 Å². The fourth-order valence-electron chi connectivity index (χ4n) is 1.67. The lowest BCUT2D eigenvalue weighted by molar-refractivity contribution is 0.257. The highest BCUT2D eigenvalue weighted by Gasteiger charge is 2.21. The maximum absolute atomic E-state index is 11.5. The number of aromatic amines is 3. The van der Waals surface area contributed by atoms with Gasteiger partial charge in [0.15, 0.2) is 5.65 Å². The first kappa shape index (κ1) is 12.6. The molecule has 0 aliphatic heterocycles. The predicted octanol–water partition coefficient (Wildman–Crippen LogP) is 1.16. The van der Waals surface area contributed by atoms with Gasteiger partial charge in [-0.1, -0.05) is 27.7 Å². The minimum absolute atomic E-state index is 0.165. The van der Waals surface area contributed by atoms with Crippen LogP contribution in [0.4, 0.5) is 0 Å². The maximum Gasteiger partial charge on any atom is 0.327 e. The third-order valence-corrected chi connectivity index (χ3v) is 3.42. The highest BCUT2D eigenvalue weighted by Crippen LogP contribution is 2.27. The van der Waals surface area contributed by atoms with Gasteiger partial charge in [0.1, 0.15) is 11.3 Å². The first-order valence-electron chi connectivity index (χ1n) is 5.98. The van der Waals surface area contributed by atoms with Crippen LogP contribution in [0.25, 0.3) is 11.2 Å². The van der Waals surface area contributed by atoms with E-state index < -0.39 is 11.2 Å². The van der Waals surface area contributed by atoms with Crippen molar-refractivity contribution in [1.82, 2.24) is 19.9 Å². The largest absolute Gasteiger partial charge is 0.336 e. The van der Waals surface area contributed by atoms with Crippen molar-refractivity contribution in [2.45, 2.75) is 34.1 Å². The van der Waals surface area contributed by atoms with E-state index in [1.807, 2.05) is 0 Å². The summed E-state index contributed by atoms with van der Waals surface area (Å²) in [5.74, 6) is 1.13. The summed E-state index contributed by atoms with van der Waals surface area (Å²) < 4.78 is 0. The molecule has 2 rings (SSSR count). The van der Waals surface area contributed by atoms with Crippen molar-refractivity contribution in [2.75, 3.05) is 0 Å². The van der Waals surface area contributed by atoms with Crippen LogP contribution in [0.5, 0.6) is 0 Å². The van der Waals surface area contributed by atoms with Crippen LogP contribution in [-0.4, -0.2) is 19.9 Å². The lowest BCUT2D eigenvalue weighted by Crippen LogP contribution is -2.21. The van der Waals surface area contributed by atoms with E-state index in [-0.39, 0.29) is 5.41 Å². The Morgan fingerprint density at radius 1 is 1.17 bits per heavy atom. The average Bonchev–Trinajstić information content (AvgIpc) is 2.58. The van der Waals surface area contributed by atoms with Gasteiger partial charge in [-0.15, -0.1) is 0 Å². The van der Waals surface area contributed by atoms with Crippen molar-refractivity contribution in [3.63, 3.8) is 0 Å². The Morgan fingerprint density at radius 2 is 1.83 bits per heavy atom. The molecule has 0 saturated carbocycles. The molecule has 0 radical (unpaired) electrons. The van der Waals surface area contributed by atoms with E-state index in [1.165, 1.54) is 0 Å². The Labute approximate surface area is 104 Å². The highest BCUT2D eigenvalue weighted by atomic mass is 16.2. The van der Waals surface area contributed by atoms with Gasteiger partial charge in [0.25, 0.3) is 5.56 Å². The van der Waals surface area contributed by atoms with E-state index in [9.17, 15) is 9.59 Å². The van der Waals surface area contributed by atoms with Gasteiger partial charge in [0.05, 0.1) is 0 Å². The molecule has 1 atom stereocenters. The van der Waals surface area contributed by atoms with Crippen LogP contribution < -0.4 is 11.2 Å². The quantitative estimate of drug-likeness (QED) is 0.746. The van der Waals surface area contributed by atoms with Crippen LogP contribution in [0, 0.1) is 11.3 Å². The molecule has 3 N–H and O–H groups in total. The van der Waals surface area contributed by atoms with Crippen LogP contribution >= 0.6 is 0 Å². The summed E-state index contributed by atoms with van der Waals surface area (Å²) in [6.45, 7) is 8.62. The molecule has 0 amide bonds. The van der Waals surface area contributed by atoms with Crippen molar-refractivity contribution in [1.29, 1.82) is 0 Å². The second kappa shape index (κ2) is 4.12. The Kier molecular flexibility index (Phi) is 2.88. The van der Waals surface area contributed by atoms with Crippen LogP contribution in [0.15, 0.2) is 9.59 Å². The number of imidazole rings is 1. The molecule has 18 heavy (non-hydrogen) atoms. The molecule has 0 spiro atoms. The molecule has 98 valence electrons. The summed E-state index contributed by atoms with van der Waals surface area (Å²) in [7, 11) is 0. The number of rotatable bonds is 2. The van der Waals surface area contributed by atoms with Crippen LogP contribution in [-0.2, 0) is 6.42 Å². The number of hydrogen-bond donors (Lipinski definition) is 3. The van der Waals surface area contributed by atoms with Gasteiger partial charge < -0.3 is 4.98 Å². The maximum atomic E-state index is 11.5. The van der Waals surface area contributed by atoms with Crippen LogP contribution in [0.2, 0.25) is 0 Å². The zero-order valence-corrected chi connectivity index (χ0v) is 11.0. The molecule has 0 aliphatic rings. The first-order valence-corrected chi connectivity index (χ1v) is 5.98. The van der Waals surface area contributed by atoms with Gasteiger partial charge in [-0.25, -0.2) is 9.78 Å². The van der Waals surface area contributed by atoms with E-state index >= 15 is 0 Å². The molecule has 6 nitrogen and oxygen atoms in total. The van der Waals surface area contributed by atoms with Gasteiger partial charge in [-0.05, 0) is 11.3 Å². The monoisotopic (exact) mass is 250 g/mol. The Hall–Kier alpha value is -1.85. The minimum Gasteiger partial charge on any atom is -0.336 e. The van der Waals surface area contributed by atoms with Crippen LogP contribution in [0.3, 0.4) is 0 Å². The van der Waals surface area contributed by atoms with Gasteiger partial charge in [-0.3, -0.25) is 14.8 Å². The average molecular weight is 250 g/mol. The Bertz CT molecular complexity index is 672. The minimum atomic E-state index is -0.533. The number of nitrogens with zero attached hydrogens (tertiary/aromatic N) is 1. The Morgan fingerprint density at radius 3 is 2.44 bits per heavy atom. The number of H-pyrrole nitrogens is 3. The number of nitrogens with one attached hydrogen (secondary N) is 3. The predicted molar refractivity (Wildman–Crippen MR) is 69.7 cm³/mol. The second-order valence-corrected chi connectivity index (χ2v) is 5.79. The van der Waals surface area contributed by atoms with E-state index in [0.29, 0.717) is 17.1 Å². The molecule has 2 heterocycles. The highest BCUT2D eigenvalue weighted by molar-refractivity contribution is 5.68. The fraction of sp³-hybridized carbons (Fsp3) is 0.583. The summed E-state index contributed by atoms with van der Waals surface area (Å²) in [5, 5.41) is 0. The van der Waals surface area contributed by atoms with Crippen molar-refractivity contribution >= 4 is 11.2 Å². The lowest BCUT2D eigenvalue weighted by atomic mass is 9.80. The van der Waals surface area contributed by atoms with E-state index in [0.717, 1.165) is 12.2 Å². The molecule has 0 aliphatic carbocycles.